The number of benzene rings is 1. The summed E-state index contributed by atoms with van der Waals surface area (Å²) in [5.74, 6) is -1.21. The molecule has 17 heavy (non-hydrogen) atoms. The third-order valence-electron chi connectivity index (χ3n) is 2.60. The zero-order valence-electron chi connectivity index (χ0n) is 9.45. The van der Waals surface area contributed by atoms with Crippen LogP contribution in [0.1, 0.15) is 12.5 Å². The average Bonchev–Trinajstić information content (AvgIpc) is 2.83. The van der Waals surface area contributed by atoms with E-state index in [-0.39, 0.29) is 0 Å². The lowest BCUT2D eigenvalue weighted by Crippen LogP contribution is -2.13. The Morgan fingerprint density at radius 3 is 2.88 bits per heavy atom. The summed E-state index contributed by atoms with van der Waals surface area (Å²) in [6.45, 7) is 1.69. The molecule has 0 saturated carbocycles. The van der Waals surface area contributed by atoms with Crippen LogP contribution in [0.15, 0.2) is 36.9 Å². The Morgan fingerprint density at radius 2 is 2.24 bits per heavy atom. The standard InChI is InChI=1S/C12H13N3O2/c1-9(12(16)17)6-10-4-2-3-5-11(10)15-8-13-7-14-15/h2-5,7-9H,6H2,1H3,(H,16,17). The largest absolute Gasteiger partial charge is 0.481 e. The summed E-state index contributed by atoms with van der Waals surface area (Å²) in [6.07, 6.45) is 3.53. The van der Waals surface area contributed by atoms with E-state index in [4.69, 9.17) is 5.11 Å². The maximum Gasteiger partial charge on any atom is 0.306 e. The van der Waals surface area contributed by atoms with Crippen LogP contribution in [-0.2, 0) is 11.2 Å². The zero-order valence-corrected chi connectivity index (χ0v) is 9.45. The summed E-state index contributed by atoms with van der Waals surface area (Å²) in [6, 6.07) is 7.60. The van der Waals surface area contributed by atoms with Gasteiger partial charge in [0, 0.05) is 0 Å². The zero-order chi connectivity index (χ0) is 12.3. The Kier molecular flexibility index (Phi) is 3.18. The Balaban J connectivity index is 2.32. The molecule has 0 saturated heterocycles. The van der Waals surface area contributed by atoms with Crippen molar-refractivity contribution in [1.29, 1.82) is 0 Å². The lowest BCUT2D eigenvalue weighted by atomic mass is 10.00. The van der Waals surface area contributed by atoms with Gasteiger partial charge in [0.2, 0.25) is 0 Å². The molecule has 0 aliphatic rings. The fourth-order valence-electron chi connectivity index (χ4n) is 1.66. The third kappa shape index (κ3) is 2.50. The number of hydrogen-bond acceptors (Lipinski definition) is 3. The summed E-state index contributed by atoms with van der Waals surface area (Å²) in [7, 11) is 0. The van der Waals surface area contributed by atoms with Gasteiger partial charge in [-0.1, -0.05) is 25.1 Å². The van der Waals surface area contributed by atoms with Crippen LogP contribution in [0.4, 0.5) is 0 Å². The minimum absolute atomic E-state index is 0.417. The van der Waals surface area contributed by atoms with Crippen molar-refractivity contribution in [3.63, 3.8) is 0 Å². The number of hydrogen-bond donors (Lipinski definition) is 1. The molecular formula is C12H13N3O2. The van der Waals surface area contributed by atoms with Gasteiger partial charge in [-0.25, -0.2) is 9.67 Å². The monoisotopic (exact) mass is 231 g/mol. The summed E-state index contributed by atoms with van der Waals surface area (Å²) in [5.41, 5.74) is 1.83. The molecule has 0 radical (unpaired) electrons. The SMILES string of the molecule is CC(Cc1ccccc1-n1cncn1)C(=O)O. The van der Waals surface area contributed by atoms with Gasteiger partial charge in [0.25, 0.3) is 0 Å². The average molecular weight is 231 g/mol. The number of aliphatic carboxylic acids is 1. The van der Waals surface area contributed by atoms with Crippen LogP contribution >= 0.6 is 0 Å². The molecule has 0 aliphatic carbocycles. The van der Waals surface area contributed by atoms with E-state index in [9.17, 15) is 4.79 Å². The number of rotatable bonds is 4. The first kappa shape index (κ1) is 11.3. The Hall–Kier alpha value is -2.17. The molecule has 1 heterocycles. The number of aromatic nitrogens is 3. The van der Waals surface area contributed by atoms with E-state index in [0.717, 1.165) is 11.3 Å². The van der Waals surface area contributed by atoms with Gasteiger partial charge in [0.1, 0.15) is 12.7 Å². The number of carbonyl (C=O) groups is 1. The smallest absolute Gasteiger partial charge is 0.306 e. The van der Waals surface area contributed by atoms with Crippen molar-refractivity contribution >= 4 is 5.97 Å². The van der Waals surface area contributed by atoms with E-state index in [1.807, 2.05) is 24.3 Å². The van der Waals surface area contributed by atoms with Crippen LogP contribution in [0.3, 0.4) is 0 Å². The van der Waals surface area contributed by atoms with Crippen LogP contribution in [0.2, 0.25) is 0 Å². The molecule has 0 spiro atoms. The summed E-state index contributed by atoms with van der Waals surface area (Å²) >= 11 is 0. The van der Waals surface area contributed by atoms with E-state index in [1.54, 1.807) is 17.9 Å². The molecule has 5 nitrogen and oxygen atoms in total. The Labute approximate surface area is 98.7 Å². The second-order valence-corrected chi connectivity index (χ2v) is 3.91. The summed E-state index contributed by atoms with van der Waals surface area (Å²) in [5, 5.41) is 13.0. The highest BCUT2D eigenvalue weighted by molar-refractivity contribution is 5.70. The molecule has 0 aliphatic heterocycles. The predicted molar refractivity (Wildman–Crippen MR) is 61.9 cm³/mol. The predicted octanol–water partition coefficient (Wildman–Crippen LogP) is 1.53. The highest BCUT2D eigenvalue weighted by Crippen LogP contribution is 2.17. The van der Waals surface area contributed by atoms with E-state index in [1.165, 1.54) is 6.33 Å². The van der Waals surface area contributed by atoms with Gasteiger partial charge in [0.15, 0.2) is 0 Å². The van der Waals surface area contributed by atoms with Gasteiger partial charge in [-0.3, -0.25) is 4.79 Å². The van der Waals surface area contributed by atoms with Crippen molar-refractivity contribution in [2.45, 2.75) is 13.3 Å². The van der Waals surface area contributed by atoms with Crippen LogP contribution in [-0.4, -0.2) is 25.8 Å². The second kappa shape index (κ2) is 4.78. The van der Waals surface area contributed by atoms with Crippen molar-refractivity contribution < 1.29 is 9.90 Å². The van der Waals surface area contributed by atoms with Crippen molar-refractivity contribution in [2.24, 2.45) is 5.92 Å². The molecule has 1 unspecified atom stereocenters. The molecule has 1 aromatic heterocycles. The van der Waals surface area contributed by atoms with Crippen molar-refractivity contribution in [1.82, 2.24) is 14.8 Å². The van der Waals surface area contributed by atoms with Crippen LogP contribution in [0.25, 0.3) is 5.69 Å². The molecule has 1 aromatic carbocycles. The van der Waals surface area contributed by atoms with Gasteiger partial charge >= 0.3 is 5.97 Å². The molecule has 1 atom stereocenters. The molecule has 1 N–H and O–H groups in total. The fraction of sp³-hybridized carbons (Fsp3) is 0.250. The molecule has 2 rings (SSSR count). The minimum atomic E-state index is -0.793. The third-order valence-corrected chi connectivity index (χ3v) is 2.60. The first-order valence-corrected chi connectivity index (χ1v) is 5.34. The topological polar surface area (TPSA) is 68.0 Å². The van der Waals surface area contributed by atoms with Crippen molar-refractivity contribution in [3.05, 3.63) is 42.5 Å². The number of carboxylic acid groups (broad SMARTS) is 1. The maximum atomic E-state index is 10.9. The number of para-hydroxylation sites is 1. The summed E-state index contributed by atoms with van der Waals surface area (Å²) < 4.78 is 1.64. The lowest BCUT2D eigenvalue weighted by Gasteiger charge is -2.11. The number of nitrogens with zero attached hydrogens (tertiary/aromatic N) is 3. The first-order chi connectivity index (χ1) is 8.18. The molecular weight excluding hydrogens is 218 g/mol. The Morgan fingerprint density at radius 1 is 1.47 bits per heavy atom. The first-order valence-electron chi connectivity index (χ1n) is 5.34. The lowest BCUT2D eigenvalue weighted by molar-refractivity contribution is -0.141. The van der Waals surface area contributed by atoms with Gasteiger partial charge in [-0.05, 0) is 18.1 Å². The van der Waals surface area contributed by atoms with Crippen molar-refractivity contribution in [2.75, 3.05) is 0 Å². The van der Waals surface area contributed by atoms with Crippen LogP contribution in [0.5, 0.6) is 0 Å². The van der Waals surface area contributed by atoms with Crippen LogP contribution < -0.4 is 0 Å². The van der Waals surface area contributed by atoms with Crippen molar-refractivity contribution in [3.8, 4) is 5.69 Å². The quantitative estimate of drug-likeness (QED) is 0.866. The highest BCUT2D eigenvalue weighted by atomic mass is 16.4. The molecule has 0 amide bonds. The van der Waals surface area contributed by atoms with E-state index < -0.39 is 11.9 Å². The Bertz CT molecular complexity index is 508. The second-order valence-electron chi connectivity index (χ2n) is 3.91. The number of carboxylic acids is 1. The molecule has 88 valence electrons. The summed E-state index contributed by atoms with van der Waals surface area (Å²) in [4.78, 5) is 14.8. The van der Waals surface area contributed by atoms with Gasteiger partial charge in [0.05, 0.1) is 11.6 Å². The van der Waals surface area contributed by atoms with E-state index in [0.29, 0.717) is 6.42 Å². The molecule has 2 aromatic rings. The fourth-order valence-corrected chi connectivity index (χ4v) is 1.66. The normalized spacial score (nSPS) is 12.3. The maximum absolute atomic E-state index is 10.9. The van der Waals surface area contributed by atoms with E-state index >= 15 is 0 Å². The van der Waals surface area contributed by atoms with Gasteiger partial charge in [-0.15, -0.1) is 0 Å². The highest BCUT2D eigenvalue weighted by Gasteiger charge is 2.14. The van der Waals surface area contributed by atoms with E-state index in [2.05, 4.69) is 10.1 Å². The molecule has 0 fully saturated rings. The van der Waals surface area contributed by atoms with Gasteiger partial charge < -0.3 is 5.11 Å². The van der Waals surface area contributed by atoms with Crippen LogP contribution in [0, 0.1) is 5.92 Å². The van der Waals surface area contributed by atoms with Gasteiger partial charge in [-0.2, -0.15) is 5.10 Å². The minimum Gasteiger partial charge on any atom is -0.481 e. The molecule has 0 bridgehead atoms. The molecule has 5 heteroatoms.